The second kappa shape index (κ2) is 7.00. The Morgan fingerprint density at radius 1 is 1.38 bits per heavy atom. The van der Waals surface area contributed by atoms with Gasteiger partial charge in [-0.1, -0.05) is 19.1 Å². The SMILES string of the molecule is CCC1(C)NC(=O)N(NC(=O)CN(C)Cc2nc3ccccc3s2)C1=O. The zero-order chi connectivity index (χ0) is 18.9. The molecule has 8 nitrogen and oxygen atoms in total. The summed E-state index contributed by atoms with van der Waals surface area (Å²) in [6.07, 6.45) is 0.446. The molecule has 1 aromatic heterocycles. The van der Waals surface area contributed by atoms with Gasteiger partial charge >= 0.3 is 6.03 Å². The second-order valence-corrected chi connectivity index (χ2v) is 7.65. The average Bonchev–Trinajstić information content (AvgIpc) is 3.08. The Labute approximate surface area is 155 Å². The summed E-state index contributed by atoms with van der Waals surface area (Å²) in [6.45, 7) is 3.98. The Balaban J connectivity index is 1.57. The number of carbonyl (C=O) groups is 3. The maximum absolute atomic E-state index is 12.3. The monoisotopic (exact) mass is 375 g/mol. The summed E-state index contributed by atoms with van der Waals surface area (Å²) in [5, 5.41) is 4.25. The number of thiazole rings is 1. The van der Waals surface area contributed by atoms with Gasteiger partial charge in [0.1, 0.15) is 10.5 Å². The van der Waals surface area contributed by atoms with Gasteiger partial charge in [0.15, 0.2) is 0 Å². The first-order valence-electron chi connectivity index (χ1n) is 8.31. The van der Waals surface area contributed by atoms with Crippen molar-refractivity contribution in [1.82, 2.24) is 25.6 Å². The largest absolute Gasteiger partial charge is 0.344 e. The van der Waals surface area contributed by atoms with E-state index in [9.17, 15) is 14.4 Å². The lowest BCUT2D eigenvalue weighted by molar-refractivity contribution is -0.139. The molecule has 2 heterocycles. The first-order chi connectivity index (χ1) is 12.3. The number of likely N-dealkylation sites (N-methyl/N-ethyl adjacent to an activating group) is 1. The van der Waals surface area contributed by atoms with Crippen molar-refractivity contribution in [3.05, 3.63) is 29.3 Å². The van der Waals surface area contributed by atoms with Crippen molar-refractivity contribution in [2.24, 2.45) is 0 Å². The molecule has 1 aliphatic rings. The number of carbonyl (C=O) groups excluding carboxylic acids is 3. The summed E-state index contributed by atoms with van der Waals surface area (Å²) >= 11 is 1.58. The molecule has 0 radical (unpaired) electrons. The predicted octanol–water partition coefficient (Wildman–Crippen LogP) is 1.48. The fourth-order valence-corrected chi connectivity index (χ4v) is 3.75. The molecule has 0 bridgehead atoms. The normalized spacial score (nSPS) is 20.1. The highest BCUT2D eigenvalue weighted by molar-refractivity contribution is 7.18. The minimum Gasteiger partial charge on any atom is -0.322 e. The van der Waals surface area contributed by atoms with Gasteiger partial charge in [0.05, 0.1) is 23.3 Å². The van der Waals surface area contributed by atoms with Crippen molar-refractivity contribution in [3.8, 4) is 0 Å². The third-order valence-electron chi connectivity index (χ3n) is 4.36. The standard InChI is InChI=1S/C17H21N5O3S/c1-4-17(2)15(24)22(16(25)19-17)20-13(23)9-21(3)10-14-18-11-7-5-6-8-12(11)26-14/h5-8H,4,9-10H2,1-3H3,(H,19,25)(H,20,23). The molecule has 9 heteroatoms. The number of hydrazine groups is 1. The summed E-state index contributed by atoms with van der Waals surface area (Å²) in [6, 6.07) is 7.24. The van der Waals surface area contributed by atoms with Crippen LogP contribution in [0, 0.1) is 0 Å². The number of imide groups is 1. The number of nitrogens with one attached hydrogen (secondary N) is 2. The van der Waals surface area contributed by atoms with Gasteiger partial charge < -0.3 is 5.32 Å². The molecule has 138 valence electrons. The molecule has 2 N–H and O–H groups in total. The van der Waals surface area contributed by atoms with E-state index >= 15 is 0 Å². The van der Waals surface area contributed by atoms with Crippen molar-refractivity contribution < 1.29 is 14.4 Å². The zero-order valence-electron chi connectivity index (χ0n) is 14.9. The Morgan fingerprint density at radius 2 is 2.12 bits per heavy atom. The summed E-state index contributed by atoms with van der Waals surface area (Å²) in [5.74, 6) is -0.885. The fourth-order valence-electron chi connectivity index (χ4n) is 2.71. The Morgan fingerprint density at radius 3 is 2.77 bits per heavy atom. The van der Waals surface area contributed by atoms with Gasteiger partial charge in [-0.15, -0.1) is 11.3 Å². The summed E-state index contributed by atoms with van der Waals surface area (Å²) in [4.78, 5) is 42.7. The third kappa shape index (κ3) is 3.54. The first kappa shape index (κ1) is 18.3. The van der Waals surface area contributed by atoms with Gasteiger partial charge in [0.2, 0.25) is 0 Å². The van der Waals surface area contributed by atoms with Gasteiger partial charge in [-0.3, -0.25) is 19.9 Å². The second-order valence-electron chi connectivity index (χ2n) is 6.54. The van der Waals surface area contributed by atoms with E-state index in [0.717, 1.165) is 20.2 Å². The lowest BCUT2D eigenvalue weighted by atomic mass is 10.00. The quantitative estimate of drug-likeness (QED) is 0.746. The average molecular weight is 375 g/mol. The summed E-state index contributed by atoms with van der Waals surface area (Å²) < 4.78 is 1.10. The van der Waals surface area contributed by atoms with E-state index in [0.29, 0.717) is 13.0 Å². The minimum absolute atomic E-state index is 0.0375. The van der Waals surface area contributed by atoms with E-state index in [1.807, 2.05) is 24.3 Å². The molecular formula is C17H21N5O3S. The lowest BCUT2D eigenvalue weighted by Crippen LogP contribution is -2.50. The number of nitrogens with zero attached hydrogens (tertiary/aromatic N) is 3. The lowest BCUT2D eigenvalue weighted by Gasteiger charge is -2.20. The van der Waals surface area contributed by atoms with Crippen LogP contribution in [-0.4, -0.2) is 51.9 Å². The number of urea groups is 1. The van der Waals surface area contributed by atoms with Crippen LogP contribution < -0.4 is 10.7 Å². The number of aromatic nitrogens is 1. The van der Waals surface area contributed by atoms with Crippen molar-refractivity contribution in [3.63, 3.8) is 0 Å². The van der Waals surface area contributed by atoms with Gasteiger partial charge in [-0.05, 0) is 32.5 Å². The predicted molar refractivity (Wildman–Crippen MR) is 98.2 cm³/mol. The van der Waals surface area contributed by atoms with E-state index in [1.54, 1.807) is 37.1 Å². The Kier molecular flexibility index (Phi) is 4.92. The molecule has 1 aromatic carbocycles. The highest BCUT2D eigenvalue weighted by Gasteiger charge is 2.47. The van der Waals surface area contributed by atoms with E-state index in [-0.39, 0.29) is 6.54 Å². The fraction of sp³-hybridized carbons (Fsp3) is 0.412. The zero-order valence-corrected chi connectivity index (χ0v) is 15.7. The van der Waals surface area contributed by atoms with Gasteiger partial charge in [-0.2, -0.15) is 5.01 Å². The Hall–Kier alpha value is -2.52. The van der Waals surface area contributed by atoms with Crippen molar-refractivity contribution in [2.45, 2.75) is 32.4 Å². The van der Waals surface area contributed by atoms with Crippen molar-refractivity contribution >= 4 is 39.4 Å². The van der Waals surface area contributed by atoms with Gasteiger partial charge in [0, 0.05) is 0 Å². The first-order valence-corrected chi connectivity index (χ1v) is 9.13. The number of para-hydroxylation sites is 1. The van der Waals surface area contributed by atoms with Crippen LogP contribution in [0.1, 0.15) is 25.3 Å². The van der Waals surface area contributed by atoms with E-state index < -0.39 is 23.4 Å². The summed E-state index contributed by atoms with van der Waals surface area (Å²) in [7, 11) is 1.79. The minimum atomic E-state index is -0.975. The number of benzene rings is 1. The molecule has 1 fully saturated rings. The van der Waals surface area contributed by atoms with Crippen molar-refractivity contribution in [1.29, 1.82) is 0 Å². The van der Waals surface area contributed by atoms with Crippen LogP contribution in [0.4, 0.5) is 4.79 Å². The maximum Gasteiger partial charge on any atom is 0.344 e. The molecule has 26 heavy (non-hydrogen) atoms. The number of rotatable bonds is 6. The van der Waals surface area contributed by atoms with Crippen LogP contribution in [0.2, 0.25) is 0 Å². The van der Waals surface area contributed by atoms with Gasteiger partial charge in [-0.25, -0.2) is 9.78 Å². The molecule has 0 saturated carbocycles. The number of fused-ring (bicyclic) bond motifs is 1. The highest BCUT2D eigenvalue weighted by atomic mass is 32.1. The van der Waals surface area contributed by atoms with Crippen LogP contribution in [-0.2, 0) is 16.1 Å². The number of hydrogen-bond donors (Lipinski definition) is 2. The molecule has 3 rings (SSSR count). The molecule has 1 unspecified atom stereocenters. The van der Waals surface area contributed by atoms with Gasteiger partial charge in [0.25, 0.3) is 11.8 Å². The van der Waals surface area contributed by atoms with E-state index in [2.05, 4.69) is 15.7 Å². The van der Waals surface area contributed by atoms with Crippen LogP contribution in [0.25, 0.3) is 10.2 Å². The van der Waals surface area contributed by atoms with Crippen molar-refractivity contribution in [2.75, 3.05) is 13.6 Å². The van der Waals surface area contributed by atoms with Crippen LogP contribution in [0.5, 0.6) is 0 Å². The van der Waals surface area contributed by atoms with E-state index in [1.165, 1.54) is 0 Å². The molecule has 0 spiro atoms. The third-order valence-corrected chi connectivity index (χ3v) is 5.38. The van der Waals surface area contributed by atoms with Crippen LogP contribution in [0.15, 0.2) is 24.3 Å². The molecular weight excluding hydrogens is 354 g/mol. The molecule has 1 saturated heterocycles. The molecule has 4 amide bonds. The summed E-state index contributed by atoms with van der Waals surface area (Å²) in [5.41, 5.74) is 2.34. The molecule has 0 aliphatic carbocycles. The van der Waals surface area contributed by atoms with Crippen LogP contribution in [0.3, 0.4) is 0 Å². The molecule has 1 aliphatic heterocycles. The smallest absolute Gasteiger partial charge is 0.322 e. The highest BCUT2D eigenvalue weighted by Crippen LogP contribution is 2.22. The number of amides is 4. The van der Waals surface area contributed by atoms with E-state index in [4.69, 9.17) is 0 Å². The topological polar surface area (TPSA) is 94.6 Å². The molecule has 1 atom stereocenters. The maximum atomic E-state index is 12.3. The number of hydrogen-bond acceptors (Lipinski definition) is 6. The molecule has 2 aromatic rings. The van der Waals surface area contributed by atoms with Crippen LogP contribution >= 0.6 is 11.3 Å². The Bertz CT molecular complexity index is 834.